The number of ether oxygens (including phenoxy) is 4. The summed E-state index contributed by atoms with van der Waals surface area (Å²) in [6.45, 7) is 0.455. The van der Waals surface area contributed by atoms with Crippen molar-refractivity contribution in [3.8, 4) is 28.7 Å². The normalized spacial score (nSPS) is 27.5. The van der Waals surface area contributed by atoms with Crippen LogP contribution in [0.2, 0.25) is 0 Å². The third-order valence-corrected chi connectivity index (χ3v) is 13.4. The third kappa shape index (κ3) is 11.7. The van der Waals surface area contributed by atoms with Gasteiger partial charge in [0, 0.05) is 30.1 Å². The van der Waals surface area contributed by atoms with Gasteiger partial charge in [-0.3, -0.25) is 0 Å². The van der Waals surface area contributed by atoms with Crippen molar-refractivity contribution in [1.82, 2.24) is 5.32 Å². The van der Waals surface area contributed by atoms with E-state index in [1.165, 1.54) is 35.8 Å². The molecule has 0 unspecified atom stereocenters. The summed E-state index contributed by atoms with van der Waals surface area (Å²) in [4.78, 5) is 0. The van der Waals surface area contributed by atoms with E-state index < -0.39 is 31.0 Å². The summed E-state index contributed by atoms with van der Waals surface area (Å²) in [6, 6.07) is 6.94. The van der Waals surface area contributed by atoms with Gasteiger partial charge in [0.1, 0.15) is 6.79 Å². The number of hydrogen-bond acceptors (Lipinski definition) is 14. The van der Waals surface area contributed by atoms with Crippen molar-refractivity contribution in [2.24, 2.45) is 17.8 Å². The zero-order chi connectivity index (χ0) is 37.6. The predicted molar refractivity (Wildman–Crippen MR) is 203 cm³/mol. The summed E-state index contributed by atoms with van der Waals surface area (Å²) < 4.78 is 22.9. The molecule has 1 aliphatic carbocycles. The standard InChI is InChI=1S/C38H59NO11S2/c1-39-20-26-7-9-28(16-24(26)5-4-11-40)50-34-17-25-6-8-27(49-22-42)18-31(43)30(13-23-14-35(47-2)38(46)36(15-23)48-3)33(45)21-51-52-37(10-12-41)29(25)19-32(34)44/h14-15,17,19,24,26-28,30-31,33,37,39-46H,4-13,16,18,20-22H2,1-3H3/t24-,26+,27+,28-,30+,31-,33+,37+/m1/s1. The highest BCUT2D eigenvalue weighted by Gasteiger charge is 2.34. The van der Waals surface area contributed by atoms with Crippen molar-refractivity contribution in [2.45, 2.75) is 93.9 Å². The lowest BCUT2D eigenvalue weighted by atomic mass is 9.75. The molecule has 52 heavy (non-hydrogen) atoms. The monoisotopic (exact) mass is 769 g/mol. The van der Waals surface area contributed by atoms with Gasteiger partial charge >= 0.3 is 0 Å². The van der Waals surface area contributed by atoms with E-state index in [0.29, 0.717) is 42.4 Å². The molecule has 0 spiro atoms. The van der Waals surface area contributed by atoms with E-state index in [2.05, 4.69) is 5.32 Å². The van der Waals surface area contributed by atoms with Gasteiger partial charge in [0.2, 0.25) is 5.75 Å². The molecule has 8 atom stereocenters. The molecule has 1 fully saturated rings. The first kappa shape index (κ1) is 42.6. The van der Waals surface area contributed by atoms with Crippen LogP contribution in [0.5, 0.6) is 28.7 Å². The first-order valence-corrected chi connectivity index (χ1v) is 20.7. The second-order valence-electron chi connectivity index (χ2n) is 13.9. The van der Waals surface area contributed by atoms with Gasteiger partial charge in [-0.25, -0.2) is 0 Å². The molecule has 294 valence electrons. The number of methoxy groups -OCH3 is 2. The molecule has 0 saturated heterocycles. The van der Waals surface area contributed by atoms with Gasteiger partial charge in [0.15, 0.2) is 23.0 Å². The minimum atomic E-state index is -1.01. The molecule has 1 heterocycles. The Kier molecular flexibility index (Phi) is 17.8. The zero-order valence-electron chi connectivity index (χ0n) is 30.6. The number of aryl methyl sites for hydroxylation is 1. The Hall–Kier alpha value is -2.14. The van der Waals surface area contributed by atoms with Crippen LogP contribution in [-0.2, 0) is 17.6 Å². The van der Waals surface area contributed by atoms with Gasteiger partial charge in [0.25, 0.3) is 0 Å². The zero-order valence-corrected chi connectivity index (χ0v) is 32.2. The van der Waals surface area contributed by atoms with E-state index in [4.69, 9.17) is 18.9 Å². The van der Waals surface area contributed by atoms with Crippen LogP contribution in [0.3, 0.4) is 0 Å². The molecule has 0 bridgehead atoms. The van der Waals surface area contributed by atoms with Crippen LogP contribution in [-0.4, -0.2) is 114 Å². The van der Waals surface area contributed by atoms with E-state index in [-0.39, 0.29) is 66.2 Å². The van der Waals surface area contributed by atoms with E-state index >= 15 is 0 Å². The number of aromatic hydroxyl groups is 2. The molecule has 0 aromatic heterocycles. The van der Waals surface area contributed by atoms with Crippen LogP contribution in [0, 0.1) is 17.8 Å². The molecule has 0 amide bonds. The number of phenolic OH excluding ortho intramolecular Hbond substituents is 2. The Bertz CT molecular complexity index is 1350. The SMILES string of the molecule is CNC[C@@H]1CC[C@@H](Oc2cc3c(cc2O)[C@H](CCO)SSC[C@H](O)[C@@H](Cc2cc(OC)c(O)c(OC)c2)[C@H](O)C[C@@H](OCO)CC3)C[C@H]1CCCO. The quantitative estimate of drug-likeness (QED) is 0.0944. The summed E-state index contributed by atoms with van der Waals surface area (Å²) in [5.74, 6) is 1.26. The average molecular weight is 770 g/mol. The molecular weight excluding hydrogens is 711 g/mol. The minimum Gasteiger partial charge on any atom is -0.504 e. The molecule has 12 nitrogen and oxygen atoms in total. The lowest BCUT2D eigenvalue weighted by molar-refractivity contribution is -0.0808. The van der Waals surface area contributed by atoms with Gasteiger partial charge in [-0.2, -0.15) is 0 Å². The summed E-state index contributed by atoms with van der Waals surface area (Å²) in [6.07, 6.45) is 3.48. The van der Waals surface area contributed by atoms with Crippen LogP contribution >= 0.6 is 21.6 Å². The maximum atomic E-state index is 11.6. The van der Waals surface area contributed by atoms with Crippen molar-refractivity contribution in [3.05, 3.63) is 41.0 Å². The number of aliphatic hydroxyl groups excluding tert-OH is 5. The van der Waals surface area contributed by atoms with Gasteiger partial charge in [-0.05, 0) is 131 Å². The van der Waals surface area contributed by atoms with E-state index in [0.717, 1.165) is 49.8 Å². The molecule has 1 aliphatic heterocycles. The number of aliphatic hydroxyl groups is 5. The first-order chi connectivity index (χ1) is 25.1. The maximum absolute atomic E-state index is 11.6. The van der Waals surface area contributed by atoms with Gasteiger partial charge < -0.3 is 60.0 Å². The molecule has 1 saturated carbocycles. The highest BCUT2D eigenvalue weighted by molar-refractivity contribution is 8.76. The lowest BCUT2D eigenvalue weighted by Gasteiger charge is -2.36. The number of benzene rings is 2. The summed E-state index contributed by atoms with van der Waals surface area (Å²) in [7, 11) is 7.78. The van der Waals surface area contributed by atoms with Gasteiger partial charge in [-0.1, -0.05) is 21.6 Å². The summed E-state index contributed by atoms with van der Waals surface area (Å²) in [5.41, 5.74) is 2.47. The molecule has 4 rings (SSSR count). The van der Waals surface area contributed by atoms with Crippen molar-refractivity contribution in [3.63, 3.8) is 0 Å². The fourth-order valence-corrected chi connectivity index (χ4v) is 10.6. The number of fused-ring (bicyclic) bond motifs is 1. The van der Waals surface area contributed by atoms with E-state index in [1.807, 2.05) is 13.1 Å². The molecule has 2 aromatic carbocycles. The Morgan fingerprint density at radius 3 is 2.23 bits per heavy atom. The molecule has 2 aliphatic rings. The fraction of sp³-hybridized carbons (Fsp3) is 0.684. The third-order valence-electron chi connectivity index (χ3n) is 10.5. The summed E-state index contributed by atoms with van der Waals surface area (Å²) >= 11 is 0. The smallest absolute Gasteiger partial charge is 0.200 e. The number of phenols is 2. The van der Waals surface area contributed by atoms with E-state index in [9.17, 15) is 35.7 Å². The van der Waals surface area contributed by atoms with E-state index in [1.54, 1.807) is 18.2 Å². The highest BCUT2D eigenvalue weighted by Crippen LogP contribution is 2.47. The van der Waals surface area contributed by atoms with Crippen LogP contribution in [0.4, 0.5) is 0 Å². The van der Waals surface area contributed by atoms with Crippen molar-refractivity contribution in [2.75, 3.05) is 53.6 Å². The van der Waals surface area contributed by atoms with Crippen LogP contribution < -0.4 is 19.5 Å². The van der Waals surface area contributed by atoms with Crippen LogP contribution in [0.25, 0.3) is 0 Å². The van der Waals surface area contributed by atoms with Gasteiger partial charge in [0.05, 0.1) is 38.6 Å². The maximum Gasteiger partial charge on any atom is 0.200 e. The first-order valence-electron chi connectivity index (χ1n) is 18.4. The van der Waals surface area contributed by atoms with Crippen LogP contribution in [0.15, 0.2) is 24.3 Å². The van der Waals surface area contributed by atoms with Crippen molar-refractivity contribution in [1.29, 1.82) is 0 Å². The summed E-state index contributed by atoms with van der Waals surface area (Å²) in [5, 5.41) is 77.4. The molecule has 8 N–H and O–H groups in total. The molecule has 14 heteroatoms. The Balaban J connectivity index is 1.61. The molecule has 0 radical (unpaired) electrons. The number of nitrogens with one attached hydrogen (secondary N) is 1. The highest BCUT2D eigenvalue weighted by atomic mass is 33.1. The largest absolute Gasteiger partial charge is 0.504 e. The van der Waals surface area contributed by atoms with Crippen LogP contribution in [0.1, 0.15) is 73.3 Å². The average Bonchev–Trinajstić information content (AvgIpc) is 3.14. The molecule has 2 aromatic rings. The minimum absolute atomic E-state index is 0.0271. The Labute approximate surface area is 315 Å². The topological polar surface area (TPSA) is 191 Å². The van der Waals surface area contributed by atoms with Gasteiger partial charge in [-0.15, -0.1) is 0 Å². The fourth-order valence-electron chi connectivity index (χ4n) is 7.73. The Morgan fingerprint density at radius 2 is 1.58 bits per heavy atom. The predicted octanol–water partition coefficient (Wildman–Crippen LogP) is 4.33. The second kappa shape index (κ2) is 21.7. The number of hydrogen-bond donors (Lipinski definition) is 8. The molecular formula is C38H59NO11S2. The lowest BCUT2D eigenvalue weighted by Crippen LogP contribution is -2.38. The van der Waals surface area contributed by atoms with Crippen molar-refractivity contribution < 1.29 is 54.7 Å². The number of rotatable bonds is 15. The van der Waals surface area contributed by atoms with Crippen molar-refractivity contribution >= 4 is 21.6 Å². The Morgan fingerprint density at radius 1 is 0.827 bits per heavy atom. The second-order valence-corrected chi connectivity index (χ2v) is 16.6.